The summed E-state index contributed by atoms with van der Waals surface area (Å²) in [5.74, 6) is 0. The Hall–Kier alpha value is -5.40. The average Bonchev–Trinajstić information content (AvgIpc) is 3.60. The summed E-state index contributed by atoms with van der Waals surface area (Å²) in [4.78, 5) is 0. The van der Waals surface area contributed by atoms with Crippen LogP contribution in [0.5, 0.6) is 0 Å². The van der Waals surface area contributed by atoms with Crippen molar-refractivity contribution in [2.75, 3.05) is 0 Å². The Kier molecular flexibility index (Phi) is 7.96. The third-order valence-corrected chi connectivity index (χ3v) is 15.1. The van der Waals surface area contributed by atoms with Crippen LogP contribution >= 0.6 is 0 Å². The Morgan fingerprint density at radius 3 is 1.25 bits per heavy atom. The fraction of sp³-hybridized carbons (Fsp3) is 0.273. The molecule has 0 N–H and O–H groups in total. The van der Waals surface area contributed by atoms with E-state index in [9.17, 15) is 0 Å². The van der Waals surface area contributed by atoms with Gasteiger partial charge in [-0.25, -0.2) is 0 Å². The largest absolute Gasteiger partial charge is 0.455 e. The molecule has 0 amide bonds. The molecule has 1 heterocycles. The number of hydrogen-bond acceptors (Lipinski definition) is 1. The smallest absolute Gasteiger partial charge is 0.139 e. The van der Waals surface area contributed by atoms with Crippen LogP contribution in [0.3, 0.4) is 0 Å². The minimum atomic E-state index is 1.03. The van der Waals surface area contributed by atoms with Crippen LogP contribution in [0.15, 0.2) is 59.0 Å². The Bertz CT molecular complexity index is 3190. The second kappa shape index (κ2) is 12.3. The Balaban J connectivity index is 1.61. The van der Waals surface area contributed by atoms with Crippen molar-refractivity contribution in [1.29, 1.82) is 0 Å². The molecule has 9 aromatic rings. The van der Waals surface area contributed by atoms with E-state index >= 15 is 0 Å². The number of rotatable bonds is 2. The molecule has 1 nitrogen and oxygen atoms in total. The maximum atomic E-state index is 7.11. The van der Waals surface area contributed by atoms with Crippen molar-refractivity contribution in [3.8, 4) is 22.3 Å². The number of hydrogen-bond donors (Lipinski definition) is 0. The minimum Gasteiger partial charge on any atom is -0.455 e. The molecule has 8 aromatic carbocycles. The van der Waals surface area contributed by atoms with E-state index in [1.807, 2.05) is 0 Å². The first kappa shape index (κ1) is 36.3. The molecular weight excluding hydrogens is 677 g/mol. The van der Waals surface area contributed by atoms with E-state index in [1.54, 1.807) is 0 Å². The van der Waals surface area contributed by atoms with Crippen LogP contribution < -0.4 is 0 Å². The molecule has 1 aromatic heterocycles. The highest BCUT2D eigenvalue weighted by Crippen LogP contribution is 2.54. The Labute approximate surface area is 332 Å². The molecule has 0 aliphatic carbocycles. The van der Waals surface area contributed by atoms with Crippen molar-refractivity contribution < 1.29 is 4.42 Å². The quantitative estimate of drug-likeness (QED) is 0.127. The molecular formula is C55H54O. The second-order valence-corrected chi connectivity index (χ2v) is 17.2. The van der Waals surface area contributed by atoms with E-state index in [2.05, 4.69) is 158 Å². The zero-order valence-electron chi connectivity index (χ0n) is 36.1. The van der Waals surface area contributed by atoms with Gasteiger partial charge in [0, 0.05) is 10.8 Å². The summed E-state index contributed by atoms with van der Waals surface area (Å²) < 4.78 is 7.11. The third kappa shape index (κ3) is 4.55. The van der Waals surface area contributed by atoms with Gasteiger partial charge in [0.25, 0.3) is 0 Å². The van der Waals surface area contributed by atoms with Gasteiger partial charge in [-0.05, 0) is 259 Å². The lowest BCUT2D eigenvalue weighted by atomic mass is 9.75. The highest BCUT2D eigenvalue weighted by Gasteiger charge is 2.30. The zero-order valence-corrected chi connectivity index (χ0v) is 36.1. The normalized spacial score (nSPS) is 12.2. The summed E-state index contributed by atoms with van der Waals surface area (Å²) in [6, 6.07) is 20.6. The van der Waals surface area contributed by atoms with E-state index in [0.717, 1.165) is 11.2 Å². The number of furan rings is 1. The van der Waals surface area contributed by atoms with Crippen LogP contribution in [-0.2, 0) is 0 Å². The van der Waals surface area contributed by atoms with Crippen molar-refractivity contribution in [2.24, 2.45) is 0 Å². The summed E-state index contributed by atoms with van der Waals surface area (Å²) in [6.45, 7) is 34.8. The summed E-state index contributed by atoms with van der Waals surface area (Å²) >= 11 is 0. The molecule has 56 heavy (non-hydrogen) atoms. The molecule has 0 spiro atoms. The van der Waals surface area contributed by atoms with Crippen molar-refractivity contribution >= 4 is 65.0 Å². The lowest BCUT2D eigenvalue weighted by Gasteiger charge is -2.28. The summed E-state index contributed by atoms with van der Waals surface area (Å²) in [5, 5.41) is 13.2. The molecule has 0 aliphatic heterocycles. The van der Waals surface area contributed by atoms with E-state index in [4.69, 9.17) is 4.42 Å². The number of benzene rings is 8. The van der Waals surface area contributed by atoms with Gasteiger partial charge in [0.2, 0.25) is 0 Å². The van der Waals surface area contributed by atoms with Gasteiger partial charge in [-0.15, -0.1) is 0 Å². The lowest BCUT2D eigenvalue weighted by Crippen LogP contribution is -2.05. The molecule has 0 radical (unpaired) electrons. The molecule has 0 atom stereocenters. The van der Waals surface area contributed by atoms with Crippen LogP contribution in [0.1, 0.15) is 83.5 Å². The molecule has 0 saturated heterocycles. The summed E-state index contributed by atoms with van der Waals surface area (Å²) in [5.41, 5.74) is 27.4. The van der Waals surface area contributed by atoms with Crippen LogP contribution in [0.2, 0.25) is 0 Å². The number of aryl methyl sites for hydroxylation is 7. The lowest BCUT2D eigenvalue weighted by molar-refractivity contribution is 0.661. The highest BCUT2D eigenvalue weighted by molar-refractivity contribution is 6.30. The van der Waals surface area contributed by atoms with E-state index in [-0.39, 0.29) is 0 Å². The van der Waals surface area contributed by atoms with Crippen LogP contribution in [0.4, 0.5) is 0 Å². The number of fused-ring (bicyclic) bond motifs is 8. The molecule has 0 bridgehead atoms. The van der Waals surface area contributed by atoms with Crippen molar-refractivity contribution in [3.05, 3.63) is 138 Å². The maximum absolute atomic E-state index is 7.11. The SMILES string of the molecule is Cc1c(C)c(C)c2c(oc3c(C)c(C)c(C)c(-c4c5c(C)c(C)c(C)c(C)c5c(-c5ccc6c(ccc7ccccc76)c5)c5c(C)c(C)c(C)c(C)c45)c32)c1C. The molecule has 1 heteroatoms. The van der Waals surface area contributed by atoms with Crippen molar-refractivity contribution in [1.82, 2.24) is 0 Å². The van der Waals surface area contributed by atoms with Crippen LogP contribution in [-0.4, -0.2) is 0 Å². The van der Waals surface area contributed by atoms with Gasteiger partial charge in [0.05, 0.1) is 0 Å². The first-order valence-electron chi connectivity index (χ1n) is 20.4. The average molecular weight is 731 g/mol. The molecule has 0 saturated carbocycles. The molecule has 0 aliphatic rings. The van der Waals surface area contributed by atoms with Gasteiger partial charge in [-0.2, -0.15) is 0 Å². The standard InChI is InChI=1S/C55H54O/c1-25-27(3)34(10)47-45(32(25)8)51(42-22-23-44-41(24-42)21-20-40-18-16-17-19-43(40)44)46-33(9)26(2)28(4)35(11)48(46)52(47)49-36(12)31(7)39(15)55-53(49)50-37(13)29(5)30(6)38(14)54(50)56-55/h16-24H,1-15H3. The first-order valence-corrected chi connectivity index (χ1v) is 20.4. The van der Waals surface area contributed by atoms with Gasteiger partial charge in [-0.3, -0.25) is 0 Å². The predicted octanol–water partition coefficient (Wildman–Crippen LogP) is 16.2. The molecule has 9 rings (SSSR count). The van der Waals surface area contributed by atoms with Gasteiger partial charge in [0.15, 0.2) is 0 Å². The van der Waals surface area contributed by atoms with E-state index in [0.29, 0.717) is 0 Å². The monoisotopic (exact) mass is 730 g/mol. The summed E-state index contributed by atoms with van der Waals surface area (Å²) in [7, 11) is 0. The van der Waals surface area contributed by atoms with Gasteiger partial charge in [-0.1, -0.05) is 48.5 Å². The maximum Gasteiger partial charge on any atom is 0.139 e. The van der Waals surface area contributed by atoms with E-state index < -0.39 is 0 Å². The summed E-state index contributed by atoms with van der Waals surface area (Å²) in [6.07, 6.45) is 0. The first-order chi connectivity index (χ1) is 26.6. The van der Waals surface area contributed by atoms with Crippen molar-refractivity contribution in [2.45, 2.75) is 104 Å². The van der Waals surface area contributed by atoms with Crippen LogP contribution in [0.25, 0.3) is 87.3 Å². The Morgan fingerprint density at radius 1 is 0.286 bits per heavy atom. The topological polar surface area (TPSA) is 13.1 Å². The van der Waals surface area contributed by atoms with Gasteiger partial charge in [0.1, 0.15) is 11.2 Å². The second-order valence-electron chi connectivity index (χ2n) is 17.2. The van der Waals surface area contributed by atoms with Gasteiger partial charge < -0.3 is 4.42 Å². The fourth-order valence-electron chi connectivity index (χ4n) is 10.4. The molecule has 0 unspecified atom stereocenters. The van der Waals surface area contributed by atoms with Gasteiger partial charge >= 0.3 is 0 Å². The zero-order chi connectivity index (χ0) is 40.0. The minimum absolute atomic E-state index is 1.03. The Morgan fingerprint density at radius 2 is 0.696 bits per heavy atom. The third-order valence-electron chi connectivity index (χ3n) is 15.1. The molecule has 0 fully saturated rings. The van der Waals surface area contributed by atoms with E-state index in [1.165, 1.54) is 160 Å². The predicted molar refractivity (Wildman–Crippen MR) is 246 cm³/mol. The fourth-order valence-corrected chi connectivity index (χ4v) is 10.4. The van der Waals surface area contributed by atoms with Crippen LogP contribution in [0, 0.1) is 104 Å². The molecule has 280 valence electrons. The highest BCUT2D eigenvalue weighted by atomic mass is 16.3. The van der Waals surface area contributed by atoms with Crippen molar-refractivity contribution in [3.63, 3.8) is 0 Å².